The number of Topliss-reactive ketones (excluding diaryl/α,β-unsaturated/α-hetero) is 1. The Morgan fingerprint density at radius 1 is 1.19 bits per heavy atom. The van der Waals surface area contributed by atoms with Crippen LogP contribution in [0.3, 0.4) is 0 Å². The largest absolute Gasteiger partial charge is 0.507 e. The lowest BCUT2D eigenvalue weighted by Crippen LogP contribution is -2.33. The molecule has 1 N–H and O–H groups in total. The van der Waals surface area contributed by atoms with Gasteiger partial charge >= 0.3 is 0 Å². The van der Waals surface area contributed by atoms with E-state index in [0.29, 0.717) is 17.1 Å². The normalized spacial score (nSPS) is 19.3. The van der Waals surface area contributed by atoms with Gasteiger partial charge in [-0.25, -0.2) is 0 Å². The maximum absolute atomic E-state index is 12.7. The lowest BCUT2D eigenvalue weighted by molar-refractivity contribution is -0.140. The van der Waals surface area contributed by atoms with Crippen molar-refractivity contribution in [1.29, 1.82) is 0 Å². The summed E-state index contributed by atoms with van der Waals surface area (Å²) in [5.74, 6) is -0.499. The van der Waals surface area contributed by atoms with Gasteiger partial charge in [-0.05, 0) is 32.9 Å². The van der Waals surface area contributed by atoms with Gasteiger partial charge < -0.3 is 19.2 Å². The molecule has 1 aromatic heterocycles. The van der Waals surface area contributed by atoms with Gasteiger partial charge in [-0.15, -0.1) is 0 Å². The predicted octanol–water partition coefficient (Wildman–Crippen LogP) is 3.43. The lowest BCUT2D eigenvalue weighted by Gasteiger charge is -2.23. The monoisotopic (exact) mass is 369 g/mol. The minimum Gasteiger partial charge on any atom is -0.507 e. The number of hydrogen-bond acceptors (Lipinski definition) is 5. The van der Waals surface area contributed by atoms with Crippen LogP contribution in [0.15, 0.2) is 52.5 Å². The van der Waals surface area contributed by atoms with Gasteiger partial charge in [0.05, 0.1) is 18.3 Å². The Morgan fingerprint density at radius 3 is 2.48 bits per heavy atom. The number of carbonyl (C=O) groups is 2. The Bertz CT molecular complexity index is 866. The molecule has 1 saturated heterocycles. The highest BCUT2D eigenvalue weighted by Gasteiger charge is 2.47. The van der Waals surface area contributed by atoms with Crippen LogP contribution < -0.4 is 0 Å². The van der Waals surface area contributed by atoms with Crippen molar-refractivity contribution >= 4 is 17.4 Å². The van der Waals surface area contributed by atoms with Crippen LogP contribution in [-0.2, 0) is 14.3 Å². The summed E-state index contributed by atoms with van der Waals surface area (Å²) in [5, 5.41) is 10.8. The molecule has 0 bridgehead atoms. The van der Waals surface area contributed by atoms with E-state index in [2.05, 4.69) is 0 Å². The molecule has 0 radical (unpaired) electrons. The van der Waals surface area contributed by atoms with Crippen LogP contribution in [0.1, 0.15) is 37.0 Å². The second kappa shape index (κ2) is 7.80. The number of nitrogens with zero attached hydrogens (tertiary/aromatic N) is 1. The standard InChI is InChI=1S/C21H23NO5/c1-13(2)26-12-11-22-18(16-10-9-14(3)27-16)17(20(24)21(22)25)19(23)15-7-5-4-6-8-15/h4-10,13,18,23H,11-12H2,1-3H3/b19-17-. The number of hydrogen-bond donors (Lipinski definition) is 1. The highest BCUT2D eigenvalue weighted by Crippen LogP contribution is 2.39. The number of aryl methyl sites for hydroxylation is 1. The number of ketones is 1. The summed E-state index contributed by atoms with van der Waals surface area (Å²) < 4.78 is 11.2. The van der Waals surface area contributed by atoms with Gasteiger partial charge in [0.15, 0.2) is 0 Å². The van der Waals surface area contributed by atoms with Crippen LogP contribution in [0.25, 0.3) is 5.76 Å². The summed E-state index contributed by atoms with van der Waals surface area (Å²) >= 11 is 0. The SMILES string of the molecule is Cc1ccc(C2/C(=C(/O)c3ccccc3)C(=O)C(=O)N2CCOC(C)C)o1. The number of aliphatic hydroxyl groups excluding tert-OH is 1. The van der Waals surface area contributed by atoms with Crippen molar-refractivity contribution in [2.45, 2.75) is 32.9 Å². The number of ether oxygens (including phenoxy) is 1. The molecule has 1 amide bonds. The molecule has 3 rings (SSSR count). The molecular weight excluding hydrogens is 346 g/mol. The van der Waals surface area contributed by atoms with E-state index in [1.54, 1.807) is 43.3 Å². The molecule has 1 atom stereocenters. The van der Waals surface area contributed by atoms with E-state index in [4.69, 9.17) is 9.15 Å². The van der Waals surface area contributed by atoms with Gasteiger partial charge in [0.2, 0.25) is 0 Å². The first-order valence-corrected chi connectivity index (χ1v) is 8.92. The molecule has 2 aromatic rings. The fraction of sp³-hybridized carbons (Fsp3) is 0.333. The van der Waals surface area contributed by atoms with Crippen LogP contribution >= 0.6 is 0 Å². The number of rotatable bonds is 6. The number of likely N-dealkylation sites (tertiary alicyclic amines) is 1. The zero-order chi connectivity index (χ0) is 19.6. The maximum Gasteiger partial charge on any atom is 0.295 e. The first kappa shape index (κ1) is 18.9. The van der Waals surface area contributed by atoms with E-state index in [1.165, 1.54) is 4.90 Å². The van der Waals surface area contributed by atoms with E-state index >= 15 is 0 Å². The molecule has 1 aliphatic rings. The molecule has 0 aliphatic carbocycles. The predicted molar refractivity (Wildman–Crippen MR) is 100.0 cm³/mol. The molecule has 2 heterocycles. The third kappa shape index (κ3) is 3.80. The summed E-state index contributed by atoms with van der Waals surface area (Å²) in [6.07, 6.45) is 0.00967. The number of amides is 1. The topological polar surface area (TPSA) is 80.0 Å². The summed E-state index contributed by atoms with van der Waals surface area (Å²) in [5.41, 5.74) is 0.507. The molecule has 6 heteroatoms. The zero-order valence-corrected chi connectivity index (χ0v) is 15.6. The van der Waals surface area contributed by atoms with Crippen LogP contribution in [-0.4, -0.2) is 41.0 Å². The minimum atomic E-state index is -0.783. The molecular formula is C21H23NO5. The van der Waals surface area contributed by atoms with E-state index in [0.717, 1.165) is 0 Å². The van der Waals surface area contributed by atoms with Gasteiger partial charge in [0, 0.05) is 12.1 Å². The molecule has 0 spiro atoms. The molecule has 1 unspecified atom stereocenters. The first-order chi connectivity index (χ1) is 12.9. The second-order valence-corrected chi connectivity index (χ2v) is 6.73. The van der Waals surface area contributed by atoms with Crippen molar-refractivity contribution < 1.29 is 23.8 Å². The Kier molecular flexibility index (Phi) is 5.46. The van der Waals surface area contributed by atoms with Crippen LogP contribution in [0.5, 0.6) is 0 Å². The average Bonchev–Trinajstić information content (AvgIpc) is 3.18. The number of carbonyl (C=O) groups excluding carboxylic acids is 2. The van der Waals surface area contributed by atoms with Gasteiger partial charge in [-0.3, -0.25) is 9.59 Å². The number of benzene rings is 1. The average molecular weight is 369 g/mol. The van der Waals surface area contributed by atoms with Gasteiger partial charge in [-0.2, -0.15) is 0 Å². The third-order valence-electron chi connectivity index (χ3n) is 4.40. The van der Waals surface area contributed by atoms with Gasteiger partial charge in [-0.1, -0.05) is 30.3 Å². The van der Waals surface area contributed by atoms with Crippen LogP contribution in [0.2, 0.25) is 0 Å². The second-order valence-electron chi connectivity index (χ2n) is 6.73. The minimum absolute atomic E-state index is 0.00967. The fourth-order valence-corrected chi connectivity index (χ4v) is 3.15. The summed E-state index contributed by atoms with van der Waals surface area (Å²) in [7, 11) is 0. The molecule has 6 nitrogen and oxygen atoms in total. The Hall–Kier alpha value is -2.86. The number of furan rings is 1. The molecule has 142 valence electrons. The quantitative estimate of drug-likeness (QED) is 0.479. The fourth-order valence-electron chi connectivity index (χ4n) is 3.15. The smallest absolute Gasteiger partial charge is 0.295 e. The molecule has 1 fully saturated rings. The first-order valence-electron chi connectivity index (χ1n) is 8.92. The van der Waals surface area contributed by atoms with Crippen molar-refractivity contribution in [2.75, 3.05) is 13.2 Å². The Balaban J connectivity index is 2.05. The lowest BCUT2D eigenvalue weighted by atomic mass is 9.99. The third-order valence-corrected chi connectivity index (χ3v) is 4.40. The molecule has 27 heavy (non-hydrogen) atoms. The molecule has 1 aromatic carbocycles. The van der Waals surface area contributed by atoms with Crippen molar-refractivity contribution in [3.8, 4) is 0 Å². The maximum atomic E-state index is 12.7. The van der Waals surface area contributed by atoms with Crippen molar-refractivity contribution in [2.24, 2.45) is 0 Å². The number of aliphatic hydroxyl groups is 1. The van der Waals surface area contributed by atoms with Gasteiger partial charge in [0.25, 0.3) is 11.7 Å². The molecule has 1 aliphatic heterocycles. The van der Waals surface area contributed by atoms with Gasteiger partial charge in [0.1, 0.15) is 23.3 Å². The summed E-state index contributed by atoms with van der Waals surface area (Å²) in [6, 6.07) is 11.4. The Labute approximate surface area is 158 Å². The Morgan fingerprint density at radius 2 is 1.89 bits per heavy atom. The van der Waals surface area contributed by atoms with E-state index in [9.17, 15) is 14.7 Å². The zero-order valence-electron chi connectivity index (χ0n) is 15.6. The van der Waals surface area contributed by atoms with E-state index in [1.807, 2.05) is 19.9 Å². The highest BCUT2D eigenvalue weighted by molar-refractivity contribution is 6.46. The molecule has 0 saturated carbocycles. The van der Waals surface area contributed by atoms with Crippen molar-refractivity contribution in [3.63, 3.8) is 0 Å². The summed E-state index contributed by atoms with van der Waals surface area (Å²) in [6.45, 7) is 6.09. The van der Waals surface area contributed by atoms with Crippen LogP contribution in [0, 0.1) is 6.92 Å². The van der Waals surface area contributed by atoms with Crippen LogP contribution in [0.4, 0.5) is 0 Å². The van der Waals surface area contributed by atoms with E-state index in [-0.39, 0.29) is 30.6 Å². The van der Waals surface area contributed by atoms with E-state index < -0.39 is 17.7 Å². The summed E-state index contributed by atoms with van der Waals surface area (Å²) in [4.78, 5) is 26.8. The van der Waals surface area contributed by atoms with Crippen molar-refractivity contribution in [1.82, 2.24) is 4.90 Å². The van der Waals surface area contributed by atoms with Crippen molar-refractivity contribution in [3.05, 3.63) is 65.1 Å². The highest BCUT2D eigenvalue weighted by atomic mass is 16.5.